The SMILES string of the molecule is CCc1cc(N2CCN(C(C)C)[C@@H](CC)C2)ncn1. The Kier molecular flexibility index (Phi) is 4.75. The quantitative estimate of drug-likeness (QED) is 0.834. The second kappa shape index (κ2) is 6.33. The number of nitrogens with zero attached hydrogens (tertiary/aromatic N) is 4. The lowest BCUT2D eigenvalue weighted by molar-refractivity contribution is 0.133. The van der Waals surface area contributed by atoms with Crippen LogP contribution in [0.25, 0.3) is 0 Å². The Bertz CT molecular complexity index is 405. The van der Waals surface area contributed by atoms with Gasteiger partial charge in [0.05, 0.1) is 0 Å². The zero-order chi connectivity index (χ0) is 13.8. The lowest BCUT2D eigenvalue weighted by Gasteiger charge is -2.43. The fourth-order valence-electron chi connectivity index (χ4n) is 2.87. The fourth-order valence-corrected chi connectivity index (χ4v) is 2.87. The lowest BCUT2D eigenvalue weighted by Crippen LogP contribution is -2.55. The van der Waals surface area contributed by atoms with Gasteiger partial charge in [0, 0.05) is 43.5 Å². The van der Waals surface area contributed by atoms with Crippen LogP contribution in [0.3, 0.4) is 0 Å². The van der Waals surface area contributed by atoms with Gasteiger partial charge in [0.2, 0.25) is 0 Å². The summed E-state index contributed by atoms with van der Waals surface area (Å²) in [7, 11) is 0. The van der Waals surface area contributed by atoms with Crippen molar-refractivity contribution in [1.82, 2.24) is 14.9 Å². The van der Waals surface area contributed by atoms with Crippen molar-refractivity contribution in [3.63, 3.8) is 0 Å². The summed E-state index contributed by atoms with van der Waals surface area (Å²) in [4.78, 5) is 13.8. The minimum absolute atomic E-state index is 0.628. The fraction of sp³-hybridized carbons (Fsp3) is 0.733. The van der Waals surface area contributed by atoms with Crippen molar-refractivity contribution in [2.24, 2.45) is 0 Å². The summed E-state index contributed by atoms with van der Waals surface area (Å²) in [6, 6.07) is 3.40. The van der Waals surface area contributed by atoms with E-state index in [9.17, 15) is 0 Å². The zero-order valence-electron chi connectivity index (χ0n) is 12.6. The summed E-state index contributed by atoms with van der Waals surface area (Å²) in [5.41, 5.74) is 1.13. The van der Waals surface area contributed by atoms with Crippen LogP contribution in [-0.4, -0.2) is 46.6 Å². The molecular formula is C15H26N4. The van der Waals surface area contributed by atoms with Crippen molar-refractivity contribution in [3.05, 3.63) is 18.1 Å². The molecule has 19 heavy (non-hydrogen) atoms. The van der Waals surface area contributed by atoms with Crippen molar-refractivity contribution in [2.75, 3.05) is 24.5 Å². The van der Waals surface area contributed by atoms with Crippen LogP contribution in [0.4, 0.5) is 5.82 Å². The van der Waals surface area contributed by atoms with E-state index in [0.717, 1.165) is 37.6 Å². The third kappa shape index (κ3) is 3.24. The van der Waals surface area contributed by atoms with Gasteiger partial charge in [-0.25, -0.2) is 9.97 Å². The van der Waals surface area contributed by atoms with Crippen LogP contribution >= 0.6 is 0 Å². The molecule has 1 aliphatic heterocycles. The van der Waals surface area contributed by atoms with Gasteiger partial charge >= 0.3 is 0 Å². The van der Waals surface area contributed by atoms with Gasteiger partial charge in [-0.3, -0.25) is 4.90 Å². The van der Waals surface area contributed by atoms with Gasteiger partial charge in [0.1, 0.15) is 12.1 Å². The molecule has 4 heteroatoms. The van der Waals surface area contributed by atoms with Gasteiger partial charge < -0.3 is 4.90 Å². The van der Waals surface area contributed by atoms with Crippen molar-refractivity contribution >= 4 is 5.82 Å². The minimum Gasteiger partial charge on any atom is -0.354 e. The first-order chi connectivity index (χ1) is 9.15. The van der Waals surface area contributed by atoms with E-state index in [4.69, 9.17) is 0 Å². The number of rotatable bonds is 4. The lowest BCUT2D eigenvalue weighted by atomic mass is 10.1. The Hall–Kier alpha value is -1.16. The molecule has 0 radical (unpaired) electrons. The van der Waals surface area contributed by atoms with Crippen LogP contribution in [-0.2, 0) is 6.42 Å². The van der Waals surface area contributed by atoms with E-state index in [2.05, 4.69) is 53.5 Å². The molecular weight excluding hydrogens is 236 g/mol. The summed E-state index contributed by atoms with van der Waals surface area (Å²) in [5, 5.41) is 0. The van der Waals surface area contributed by atoms with Crippen molar-refractivity contribution in [2.45, 2.75) is 52.6 Å². The van der Waals surface area contributed by atoms with Crippen LogP contribution in [0.15, 0.2) is 12.4 Å². The second-order valence-electron chi connectivity index (χ2n) is 5.56. The molecule has 0 spiro atoms. The summed E-state index contributed by atoms with van der Waals surface area (Å²) < 4.78 is 0. The number of aryl methyl sites for hydroxylation is 1. The van der Waals surface area contributed by atoms with Crippen molar-refractivity contribution in [3.8, 4) is 0 Å². The normalized spacial score (nSPS) is 21.1. The predicted octanol–water partition coefficient (Wildman–Crippen LogP) is 2.35. The highest BCUT2D eigenvalue weighted by molar-refractivity contribution is 5.40. The number of piperazine rings is 1. The summed E-state index contributed by atoms with van der Waals surface area (Å²) in [6.07, 6.45) is 3.86. The average Bonchev–Trinajstić information content (AvgIpc) is 2.46. The molecule has 1 atom stereocenters. The van der Waals surface area contributed by atoms with Gasteiger partial charge in [-0.05, 0) is 26.7 Å². The highest BCUT2D eigenvalue weighted by atomic mass is 15.3. The number of hydrogen-bond donors (Lipinski definition) is 0. The Balaban J connectivity index is 2.10. The van der Waals surface area contributed by atoms with Crippen LogP contribution < -0.4 is 4.90 Å². The highest BCUT2D eigenvalue weighted by Crippen LogP contribution is 2.20. The molecule has 0 bridgehead atoms. The number of anilines is 1. The van der Waals surface area contributed by atoms with Gasteiger partial charge in [0.15, 0.2) is 0 Å². The molecule has 1 saturated heterocycles. The minimum atomic E-state index is 0.628. The predicted molar refractivity (Wildman–Crippen MR) is 79.5 cm³/mol. The second-order valence-corrected chi connectivity index (χ2v) is 5.56. The van der Waals surface area contributed by atoms with Crippen molar-refractivity contribution < 1.29 is 0 Å². The maximum Gasteiger partial charge on any atom is 0.132 e. The summed E-state index contributed by atoms with van der Waals surface area (Å²) in [6.45, 7) is 12.3. The standard InChI is InChI=1S/C15H26N4/c1-5-13-9-15(17-11-16-13)18-7-8-19(12(3)4)14(6-2)10-18/h9,11-12,14H,5-8,10H2,1-4H3/t14-/m0/s1. The van der Waals surface area contributed by atoms with E-state index in [-0.39, 0.29) is 0 Å². The Morgan fingerprint density at radius 2 is 2.05 bits per heavy atom. The molecule has 0 amide bonds. The molecule has 1 aromatic heterocycles. The van der Waals surface area contributed by atoms with Gasteiger partial charge in [-0.15, -0.1) is 0 Å². The molecule has 0 aliphatic carbocycles. The third-order valence-corrected chi connectivity index (χ3v) is 4.06. The first-order valence-corrected chi connectivity index (χ1v) is 7.47. The Morgan fingerprint density at radius 1 is 1.26 bits per heavy atom. The van der Waals surface area contributed by atoms with E-state index >= 15 is 0 Å². The third-order valence-electron chi connectivity index (χ3n) is 4.06. The van der Waals surface area contributed by atoms with Crippen LogP contribution in [0.5, 0.6) is 0 Å². The number of aromatic nitrogens is 2. The molecule has 0 N–H and O–H groups in total. The molecule has 0 saturated carbocycles. The molecule has 1 aliphatic rings. The van der Waals surface area contributed by atoms with Gasteiger partial charge in [-0.2, -0.15) is 0 Å². The van der Waals surface area contributed by atoms with E-state index in [1.54, 1.807) is 6.33 Å². The molecule has 1 fully saturated rings. The molecule has 4 nitrogen and oxygen atoms in total. The smallest absolute Gasteiger partial charge is 0.132 e. The van der Waals surface area contributed by atoms with Gasteiger partial charge in [0.25, 0.3) is 0 Å². The molecule has 2 heterocycles. The molecule has 0 unspecified atom stereocenters. The molecule has 0 aromatic carbocycles. The van der Waals surface area contributed by atoms with E-state index < -0.39 is 0 Å². The monoisotopic (exact) mass is 262 g/mol. The zero-order valence-corrected chi connectivity index (χ0v) is 12.6. The Morgan fingerprint density at radius 3 is 2.68 bits per heavy atom. The maximum absolute atomic E-state index is 4.45. The Labute approximate surface area is 116 Å². The summed E-state index contributed by atoms with van der Waals surface area (Å²) >= 11 is 0. The summed E-state index contributed by atoms with van der Waals surface area (Å²) in [5.74, 6) is 1.09. The topological polar surface area (TPSA) is 32.3 Å². The molecule has 1 aromatic rings. The first-order valence-electron chi connectivity index (χ1n) is 7.47. The highest BCUT2D eigenvalue weighted by Gasteiger charge is 2.27. The van der Waals surface area contributed by atoms with Crippen molar-refractivity contribution in [1.29, 1.82) is 0 Å². The van der Waals surface area contributed by atoms with Crippen LogP contribution in [0.1, 0.15) is 39.8 Å². The first kappa shape index (κ1) is 14.3. The van der Waals surface area contributed by atoms with E-state index in [1.165, 1.54) is 6.42 Å². The van der Waals surface area contributed by atoms with Crippen LogP contribution in [0, 0.1) is 0 Å². The molecule has 106 valence electrons. The van der Waals surface area contributed by atoms with E-state index in [1.807, 2.05) is 0 Å². The largest absolute Gasteiger partial charge is 0.354 e. The maximum atomic E-state index is 4.45. The average molecular weight is 262 g/mol. The number of hydrogen-bond acceptors (Lipinski definition) is 4. The van der Waals surface area contributed by atoms with Crippen LogP contribution in [0.2, 0.25) is 0 Å². The molecule has 2 rings (SSSR count). The van der Waals surface area contributed by atoms with E-state index in [0.29, 0.717) is 12.1 Å². The van der Waals surface area contributed by atoms with Gasteiger partial charge in [-0.1, -0.05) is 13.8 Å².